The van der Waals surface area contributed by atoms with E-state index in [0.717, 1.165) is 11.3 Å². The van der Waals surface area contributed by atoms with Gasteiger partial charge in [0.15, 0.2) is 0 Å². The number of alkyl halides is 1. The molecule has 0 aliphatic carbocycles. The highest BCUT2D eigenvalue weighted by Gasteiger charge is 2.22. The Morgan fingerprint density at radius 1 is 1.10 bits per heavy atom. The van der Waals surface area contributed by atoms with Gasteiger partial charge in [-0.1, -0.05) is 30.3 Å². The predicted octanol–water partition coefficient (Wildman–Crippen LogP) is 4.35. The van der Waals surface area contributed by atoms with Crippen LogP contribution in [0.2, 0.25) is 0 Å². The highest BCUT2D eigenvalue weighted by molar-refractivity contribution is 5.38. The lowest BCUT2D eigenvalue weighted by Gasteiger charge is -2.22. The highest BCUT2D eigenvalue weighted by Crippen LogP contribution is 2.29. The van der Waals surface area contributed by atoms with Gasteiger partial charge >= 0.3 is 0 Å². The maximum atomic E-state index is 12.4. The molecule has 0 aliphatic rings. The fourth-order valence-corrected chi connectivity index (χ4v) is 2.01. The van der Waals surface area contributed by atoms with Crippen LogP contribution in [0.25, 0.3) is 0 Å². The van der Waals surface area contributed by atoms with Crippen molar-refractivity contribution in [3.63, 3.8) is 0 Å². The average Bonchev–Trinajstić information content (AvgIpc) is 2.42. The number of benzene rings is 2. The predicted molar refractivity (Wildman–Crippen MR) is 77.9 cm³/mol. The van der Waals surface area contributed by atoms with Gasteiger partial charge in [-0.05, 0) is 43.2 Å². The lowest BCUT2D eigenvalue weighted by molar-refractivity contribution is 0.0408. The Hall–Kier alpha value is -1.87. The molecule has 2 aromatic carbocycles. The molecule has 1 unspecified atom stereocenters. The van der Waals surface area contributed by atoms with Crippen molar-refractivity contribution in [2.75, 3.05) is 6.67 Å². The van der Waals surface area contributed by atoms with Gasteiger partial charge in [0.1, 0.15) is 11.5 Å². The number of halogens is 1. The van der Waals surface area contributed by atoms with Gasteiger partial charge < -0.3 is 9.84 Å². The van der Waals surface area contributed by atoms with Crippen LogP contribution >= 0.6 is 0 Å². The molecule has 106 valence electrons. The van der Waals surface area contributed by atoms with Gasteiger partial charge in [-0.25, -0.2) is 0 Å². The van der Waals surface area contributed by atoms with Crippen LogP contribution in [-0.2, 0) is 5.60 Å². The van der Waals surface area contributed by atoms with E-state index in [0.29, 0.717) is 11.3 Å². The average molecular weight is 274 g/mol. The summed E-state index contributed by atoms with van der Waals surface area (Å²) in [5.41, 5.74) is 0.601. The van der Waals surface area contributed by atoms with Gasteiger partial charge in [-0.15, -0.1) is 0 Å². The van der Waals surface area contributed by atoms with Crippen LogP contribution < -0.4 is 4.74 Å². The van der Waals surface area contributed by atoms with Crippen molar-refractivity contribution < 1.29 is 14.2 Å². The van der Waals surface area contributed by atoms with Crippen molar-refractivity contribution in [3.8, 4) is 11.5 Å². The Kier molecular flexibility index (Phi) is 4.40. The largest absolute Gasteiger partial charge is 0.457 e. The van der Waals surface area contributed by atoms with Crippen LogP contribution in [-0.4, -0.2) is 11.8 Å². The third-order valence-corrected chi connectivity index (χ3v) is 3.38. The topological polar surface area (TPSA) is 29.5 Å². The molecule has 0 spiro atoms. The molecule has 0 saturated heterocycles. The molecular weight excluding hydrogens is 255 g/mol. The van der Waals surface area contributed by atoms with Crippen molar-refractivity contribution in [3.05, 3.63) is 59.7 Å². The summed E-state index contributed by atoms with van der Waals surface area (Å²) in [5, 5.41) is 10.1. The van der Waals surface area contributed by atoms with E-state index < -0.39 is 12.3 Å². The third kappa shape index (κ3) is 3.36. The Balaban J connectivity index is 2.15. The number of para-hydroxylation sites is 1. The summed E-state index contributed by atoms with van der Waals surface area (Å²) in [5.74, 6) is 1.50. The molecule has 3 heteroatoms. The van der Waals surface area contributed by atoms with Crippen LogP contribution in [0.4, 0.5) is 4.39 Å². The zero-order valence-corrected chi connectivity index (χ0v) is 11.8. The summed E-state index contributed by atoms with van der Waals surface area (Å²) in [4.78, 5) is 0. The standard InChI is InChI=1S/C17H19FO2/c1-13-5-3-4-6-16(13)20-15-9-7-14(8-10-15)17(2,19)11-12-18/h3-10,19H,11-12H2,1-2H3. The van der Waals surface area contributed by atoms with E-state index >= 15 is 0 Å². The van der Waals surface area contributed by atoms with Crippen LogP contribution in [0, 0.1) is 6.92 Å². The lowest BCUT2D eigenvalue weighted by Crippen LogP contribution is -2.21. The molecule has 1 atom stereocenters. The molecule has 0 amide bonds. The number of aryl methyl sites for hydroxylation is 1. The van der Waals surface area contributed by atoms with Crippen LogP contribution in [0.1, 0.15) is 24.5 Å². The summed E-state index contributed by atoms with van der Waals surface area (Å²) in [6, 6.07) is 14.9. The molecule has 0 radical (unpaired) electrons. The minimum atomic E-state index is -1.14. The first-order valence-corrected chi connectivity index (χ1v) is 6.65. The molecule has 0 aromatic heterocycles. The fourth-order valence-electron chi connectivity index (χ4n) is 2.01. The number of rotatable bonds is 5. The lowest BCUT2D eigenvalue weighted by atomic mass is 9.93. The normalized spacial score (nSPS) is 13.8. The van der Waals surface area contributed by atoms with E-state index in [-0.39, 0.29) is 6.42 Å². The zero-order valence-electron chi connectivity index (χ0n) is 11.8. The summed E-state index contributed by atoms with van der Waals surface area (Å²) < 4.78 is 18.2. The fraction of sp³-hybridized carbons (Fsp3) is 0.294. The second-order valence-corrected chi connectivity index (χ2v) is 5.10. The quantitative estimate of drug-likeness (QED) is 0.878. The molecule has 2 aromatic rings. The molecule has 1 N–H and O–H groups in total. The summed E-state index contributed by atoms with van der Waals surface area (Å²) in [7, 11) is 0. The Labute approximate surface area is 118 Å². The monoisotopic (exact) mass is 274 g/mol. The van der Waals surface area contributed by atoms with Gasteiger partial charge in [0.05, 0.1) is 12.3 Å². The first-order chi connectivity index (χ1) is 9.53. The molecule has 0 bridgehead atoms. The van der Waals surface area contributed by atoms with Crippen molar-refractivity contribution in [2.45, 2.75) is 25.9 Å². The summed E-state index contributed by atoms with van der Waals surface area (Å²) in [6.07, 6.45) is 0.0883. The van der Waals surface area contributed by atoms with E-state index in [1.807, 2.05) is 31.2 Å². The van der Waals surface area contributed by atoms with E-state index in [4.69, 9.17) is 4.74 Å². The van der Waals surface area contributed by atoms with Gasteiger partial charge in [0.25, 0.3) is 0 Å². The molecule has 0 heterocycles. The molecule has 0 saturated carbocycles. The number of ether oxygens (including phenoxy) is 1. The summed E-state index contributed by atoms with van der Waals surface area (Å²) >= 11 is 0. The SMILES string of the molecule is Cc1ccccc1Oc1ccc(C(C)(O)CCF)cc1. The van der Waals surface area contributed by atoms with Crippen molar-refractivity contribution in [2.24, 2.45) is 0 Å². The maximum absolute atomic E-state index is 12.4. The van der Waals surface area contributed by atoms with Crippen LogP contribution in [0.3, 0.4) is 0 Å². The number of aliphatic hydroxyl groups is 1. The van der Waals surface area contributed by atoms with Crippen molar-refractivity contribution in [1.29, 1.82) is 0 Å². The smallest absolute Gasteiger partial charge is 0.130 e. The van der Waals surface area contributed by atoms with E-state index in [2.05, 4.69) is 0 Å². The highest BCUT2D eigenvalue weighted by atomic mass is 19.1. The van der Waals surface area contributed by atoms with Crippen molar-refractivity contribution in [1.82, 2.24) is 0 Å². The molecular formula is C17H19FO2. The molecule has 0 fully saturated rings. The van der Waals surface area contributed by atoms with Crippen molar-refractivity contribution >= 4 is 0 Å². The van der Waals surface area contributed by atoms with E-state index in [1.165, 1.54) is 0 Å². The van der Waals surface area contributed by atoms with Crippen LogP contribution in [0.15, 0.2) is 48.5 Å². The van der Waals surface area contributed by atoms with Gasteiger partial charge in [-0.3, -0.25) is 4.39 Å². The van der Waals surface area contributed by atoms with E-state index in [9.17, 15) is 9.50 Å². The van der Waals surface area contributed by atoms with Gasteiger partial charge in [-0.2, -0.15) is 0 Å². The number of hydrogen-bond donors (Lipinski definition) is 1. The Bertz CT molecular complexity index is 561. The van der Waals surface area contributed by atoms with Crippen LogP contribution in [0.5, 0.6) is 11.5 Å². The maximum Gasteiger partial charge on any atom is 0.130 e. The minimum Gasteiger partial charge on any atom is -0.457 e. The van der Waals surface area contributed by atoms with Gasteiger partial charge in [0.2, 0.25) is 0 Å². The molecule has 20 heavy (non-hydrogen) atoms. The number of hydrogen-bond acceptors (Lipinski definition) is 2. The molecule has 2 nitrogen and oxygen atoms in total. The Morgan fingerprint density at radius 2 is 1.75 bits per heavy atom. The second-order valence-electron chi connectivity index (χ2n) is 5.10. The first-order valence-electron chi connectivity index (χ1n) is 6.65. The third-order valence-electron chi connectivity index (χ3n) is 3.38. The Morgan fingerprint density at radius 3 is 2.35 bits per heavy atom. The zero-order chi connectivity index (χ0) is 14.6. The minimum absolute atomic E-state index is 0.0883. The molecule has 2 rings (SSSR count). The summed E-state index contributed by atoms with van der Waals surface area (Å²) in [6.45, 7) is 3.05. The first kappa shape index (κ1) is 14.5. The molecule has 0 aliphatic heterocycles. The van der Waals surface area contributed by atoms with Gasteiger partial charge in [0, 0.05) is 6.42 Å². The second kappa shape index (κ2) is 6.06. The van der Waals surface area contributed by atoms with E-state index in [1.54, 1.807) is 31.2 Å².